The molecule has 1 N–H and O–H groups in total. The Balaban J connectivity index is 1.89. The molecule has 0 atom stereocenters. The molecule has 0 saturated heterocycles. The van der Waals surface area contributed by atoms with Crippen LogP contribution in [0.25, 0.3) is 11.1 Å². The maximum absolute atomic E-state index is 13.8. The summed E-state index contributed by atoms with van der Waals surface area (Å²) in [5.41, 5.74) is 1.98. The highest BCUT2D eigenvalue weighted by Crippen LogP contribution is 2.29. The summed E-state index contributed by atoms with van der Waals surface area (Å²) >= 11 is 4.53. The molecular weight excluding hydrogens is 365 g/mol. The van der Waals surface area contributed by atoms with Gasteiger partial charge in [-0.25, -0.2) is 4.39 Å². The lowest BCUT2D eigenvalue weighted by atomic mass is 10.1. The average molecular weight is 376 g/mol. The quantitative estimate of drug-likeness (QED) is 0.636. The first-order valence-corrected chi connectivity index (χ1v) is 8.22. The zero-order chi connectivity index (χ0) is 15.5. The molecule has 0 bridgehead atoms. The Bertz CT molecular complexity index is 817. The van der Waals surface area contributed by atoms with Crippen LogP contribution in [-0.2, 0) is 0 Å². The first-order valence-electron chi connectivity index (χ1n) is 6.54. The number of nitrogens with one attached hydrogen (secondary N) is 1. The van der Waals surface area contributed by atoms with Crippen LogP contribution in [0.3, 0.4) is 0 Å². The van der Waals surface area contributed by atoms with E-state index in [2.05, 4.69) is 21.2 Å². The molecule has 0 radical (unpaired) electrons. The topological polar surface area (TPSA) is 29.1 Å². The number of amides is 1. The molecule has 1 amide bonds. The second-order valence-corrected chi connectivity index (χ2v) is 6.44. The number of anilines is 1. The third-order valence-electron chi connectivity index (χ3n) is 3.14. The van der Waals surface area contributed by atoms with Gasteiger partial charge in [0.2, 0.25) is 0 Å². The highest BCUT2D eigenvalue weighted by Gasteiger charge is 2.16. The number of carbonyl (C=O) groups excluding carboxylic acids is 1. The van der Waals surface area contributed by atoms with Crippen molar-refractivity contribution in [2.45, 2.75) is 0 Å². The molecule has 0 aliphatic rings. The Kier molecular flexibility index (Phi) is 4.36. The van der Waals surface area contributed by atoms with Gasteiger partial charge in [0.25, 0.3) is 5.91 Å². The number of rotatable bonds is 3. The summed E-state index contributed by atoms with van der Waals surface area (Å²) in [7, 11) is 0. The van der Waals surface area contributed by atoms with Gasteiger partial charge in [-0.05, 0) is 35.2 Å². The molecule has 0 unspecified atom stereocenters. The largest absolute Gasteiger partial charge is 0.319 e. The number of benzene rings is 2. The van der Waals surface area contributed by atoms with Gasteiger partial charge < -0.3 is 5.32 Å². The number of hydrogen-bond acceptors (Lipinski definition) is 2. The van der Waals surface area contributed by atoms with Crippen molar-refractivity contribution in [3.8, 4) is 11.1 Å². The molecule has 5 heteroatoms. The van der Waals surface area contributed by atoms with Crippen LogP contribution in [0.2, 0.25) is 0 Å². The molecule has 3 aromatic rings. The van der Waals surface area contributed by atoms with Gasteiger partial charge in [-0.2, -0.15) is 0 Å². The maximum atomic E-state index is 13.8. The minimum atomic E-state index is -0.472. The molecular formula is C17H11BrFNOS. The smallest absolute Gasteiger partial charge is 0.266 e. The molecule has 2 aromatic carbocycles. The van der Waals surface area contributed by atoms with Gasteiger partial charge in [-0.3, -0.25) is 4.79 Å². The molecule has 2 nitrogen and oxygen atoms in total. The Morgan fingerprint density at radius 3 is 2.59 bits per heavy atom. The van der Waals surface area contributed by atoms with Crippen LogP contribution in [0.1, 0.15) is 9.67 Å². The van der Waals surface area contributed by atoms with Gasteiger partial charge in [0.15, 0.2) is 0 Å². The number of halogens is 2. The first-order chi connectivity index (χ1) is 10.6. The van der Waals surface area contributed by atoms with Crippen molar-refractivity contribution in [3.05, 3.63) is 75.1 Å². The summed E-state index contributed by atoms with van der Waals surface area (Å²) in [6.07, 6.45) is 0. The maximum Gasteiger partial charge on any atom is 0.266 e. The zero-order valence-corrected chi connectivity index (χ0v) is 13.7. The lowest BCUT2D eigenvalue weighted by molar-refractivity contribution is 0.103. The molecule has 0 aliphatic carbocycles. The predicted molar refractivity (Wildman–Crippen MR) is 91.8 cm³/mol. The third kappa shape index (κ3) is 3.10. The predicted octanol–water partition coefficient (Wildman–Crippen LogP) is 5.57. The zero-order valence-electron chi connectivity index (χ0n) is 11.3. The van der Waals surface area contributed by atoms with Crippen LogP contribution >= 0.6 is 27.3 Å². The molecule has 0 saturated carbocycles. The van der Waals surface area contributed by atoms with E-state index in [1.165, 1.54) is 23.5 Å². The molecule has 0 fully saturated rings. The first kappa shape index (κ1) is 14.9. The van der Waals surface area contributed by atoms with Crippen molar-refractivity contribution in [2.24, 2.45) is 0 Å². The molecule has 1 heterocycles. The highest BCUT2D eigenvalue weighted by atomic mass is 79.9. The van der Waals surface area contributed by atoms with Crippen molar-refractivity contribution in [1.82, 2.24) is 0 Å². The van der Waals surface area contributed by atoms with Crippen molar-refractivity contribution in [2.75, 3.05) is 5.32 Å². The summed E-state index contributed by atoms with van der Waals surface area (Å²) in [5.74, 6) is -0.782. The number of hydrogen-bond donors (Lipinski definition) is 1. The fourth-order valence-corrected chi connectivity index (χ4v) is 3.24. The second-order valence-electron chi connectivity index (χ2n) is 4.61. The van der Waals surface area contributed by atoms with Crippen LogP contribution < -0.4 is 5.32 Å². The van der Waals surface area contributed by atoms with Crippen LogP contribution in [0.4, 0.5) is 10.1 Å². The fourth-order valence-electron chi connectivity index (χ4n) is 2.10. The van der Waals surface area contributed by atoms with Crippen LogP contribution in [-0.4, -0.2) is 5.91 Å². The van der Waals surface area contributed by atoms with Crippen LogP contribution in [0.15, 0.2) is 64.5 Å². The van der Waals surface area contributed by atoms with Gasteiger partial charge in [0.1, 0.15) is 5.82 Å². The Morgan fingerprint density at radius 2 is 1.86 bits per heavy atom. The minimum absolute atomic E-state index is 0.167. The van der Waals surface area contributed by atoms with E-state index in [1.807, 2.05) is 41.8 Å². The van der Waals surface area contributed by atoms with Crippen molar-refractivity contribution in [3.63, 3.8) is 0 Å². The highest BCUT2D eigenvalue weighted by molar-refractivity contribution is 9.10. The molecule has 3 rings (SSSR count). The average Bonchev–Trinajstić information content (AvgIpc) is 3.00. The van der Waals surface area contributed by atoms with E-state index in [1.54, 1.807) is 6.07 Å². The van der Waals surface area contributed by atoms with Gasteiger partial charge in [0.05, 0.1) is 10.6 Å². The van der Waals surface area contributed by atoms with Crippen LogP contribution in [0, 0.1) is 5.82 Å². The lowest BCUT2D eigenvalue weighted by Gasteiger charge is -2.07. The number of thiophene rings is 1. The van der Waals surface area contributed by atoms with Gasteiger partial charge >= 0.3 is 0 Å². The van der Waals surface area contributed by atoms with Crippen molar-refractivity contribution >= 4 is 38.9 Å². The summed E-state index contributed by atoms with van der Waals surface area (Å²) in [4.78, 5) is 13.0. The summed E-state index contributed by atoms with van der Waals surface area (Å²) in [6, 6.07) is 16.1. The summed E-state index contributed by atoms with van der Waals surface area (Å²) in [6.45, 7) is 0. The normalized spacial score (nSPS) is 10.5. The molecule has 110 valence electrons. The van der Waals surface area contributed by atoms with E-state index in [0.717, 1.165) is 11.1 Å². The molecule has 1 aromatic heterocycles. The minimum Gasteiger partial charge on any atom is -0.319 e. The summed E-state index contributed by atoms with van der Waals surface area (Å²) in [5, 5.41) is 4.48. The SMILES string of the molecule is O=C(Nc1ccc(Br)cc1F)c1sccc1-c1ccccc1. The van der Waals surface area contributed by atoms with Crippen molar-refractivity contribution in [1.29, 1.82) is 0 Å². The van der Waals surface area contributed by atoms with E-state index in [9.17, 15) is 9.18 Å². The standard InChI is InChI=1S/C17H11BrFNOS/c18-12-6-7-15(14(19)10-12)20-17(21)16-13(8-9-22-16)11-4-2-1-3-5-11/h1-10H,(H,20,21). The van der Waals surface area contributed by atoms with Crippen molar-refractivity contribution < 1.29 is 9.18 Å². The Morgan fingerprint density at radius 1 is 1.09 bits per heavy atom. The van der Waals surface area contributed by atoms with Gasteiger partial charge in [-0.15, -0.1) is 11.3 Å². The van der Waals surface area contributed by atoms with Crippen LogP contribution in [0.5, 0.6) is 0 Å². The Labute approximate surface area is 139 Å². The molecule has 0 spiro atoms. The van der Waals surface area contributed by atoms with E-state index in [4.69, 9.17) is 0 Å². The van der Waals surface area contributed by atoms with E-state index in [0.29, 0.717) is 9.35 Å². The Hall–Kier alpha value is -1.98. The molecule has 22 heavy (non-hydrogen) atoms. The fraction of sp³-hybridized carbons (Fsp3) is 0. The third-order valence-corrected chi connectivity index (χ3v) is 4.54. The second kappa shape index (κ2) is 6.42. The monoisotopic (exact) mass is 375 g/mol. The van der Waals surface area contributed by atoms with E-state index < -0.39 is 5.82 Å². The van der Waals surface area contributed by atoms with E-state index >= 15 is 0 Å². The summed E-state index contributed by atoms with van der Waals surface area (Å²) < 4.78 is 14.5. The van der Waals surface area contributed by atoms with Gasteiger partial charge in [0, 0.05) is 10.0 Å². The number of carbonyl (C=O) groups is 1. The molecule has 0 aliphatic heterocycles. The van der Waals surface area contributed by atoms with E-state index in [-0.39, 0.29) is 11.6 Å². The lowest BCUT2D eigenvalue weighted by Crippen LogP contribution is -2.12. The van der Waals surface area contributed by atoms with Gasteiger partial charge in [-0.1, -0.05) is 46.3 Å².